The van der Waals surface area contributed by atoms with Gasteiger partial charge in [0.05, 0.1) is 5.60 Å². The van der Waals surface area contributed by atoms with Crippen molar-refractivity contribution < 1.29 is 9.53 Å². The first-order chi connectivity index (χ1) is 8.26. The first-order valence-corrected chi connectivity index (χ1v) is 6.84. The van der Waals surface area contributed by atoms with Gasteiger partial charge >= 0.3 is 0 Å². The molecule has 102 valence electrons. The number of hydrogen-bond acceptors (Lipinski definition) is 5. The Morgan fingerprint density at radius 2 is 2.06 bits per heavy atom. The molecule has 0 saturated carbocycles. The van der Waals surface area contributed by atoms with Crippen LogP contribution >= 0.6 is 11.3 Å². The van der Waals surface area contributed by atoms with E-state index in [-0.39, 0.29) is 18.1 Å². The van der Waals surface area contributed by atoms with Crippen molar-refractivity contribution in [2.75, 3.05) is 11.9 Å². The number of rotatable bonds is 5. The number of anilines is 1. The minimum atomic E-state index is -0.318. The van der Waals surface area contributed by atoms with E-state index in [4.69, 9.17) is 4.74 Å². The third kappa shape index (κ3) is 6.07. The molecule has 1 N–H and O–H groups in total. The molecule has 0 bridgehead atoms. The fourth-order valence-electron chi connectivity index (χ4n) is 1.17. The number of ether oxygens (including phenoxy) is 1. The van der Waals surface area contributed by atoms with Gasteiger partial charge < -0.3 is 4.74 Å². The highest BCUT2D eigenvalue weighted by atomic mass is 32.1. The molecule has 1 rings (SSSR count). The van der Waals surface area contributed by atoms with E-state index in [9.17, 15) is 4.79 Å². The number of nitrogens with zero attached hydrogens (tertiary/aromatic N) is 2. The highest BCUT2D eigenvalue weighted by molar-refractivity contribution is 7.15. The Balaban J connectivity index is 2.42. The van der Waals surface area contributed by atoms with E-state index < -0.39 is 0 Å². The van der Waals surface area contributed by atoms with Gasteiger partial charge in [-0.2, -0.15) is 0 Å². The SMILES string of the molecule is CC(C)Cc1nnc(NC(=O)COC(C)(C)C)s1. The van der Waals surface area contributed by atoms with E-state index in [1.165, 1.54) is 11.3 Å². The third-order valence-electron chi connectivity index (χ3n) is 1.93. The van der Waals surface area contributed by atoms with Crippen LogP contribution in [0.15, 0.2) is 0 Å². The maximum atomic E-state index is 11.6. The average molecular weight is 271 g/mol. The zero-order chi connectivity index (χ0) is 13.8. The monoisotopic (exact) mass is 271 g/mol. The van der Waals surface area contributed by atoms with Gasteiger partial charge in [0.25, 0.3) is 5.91 Å². The van der Waals surface area contributed by atoms with Crippen molar-refractivity contribution in [1.82, 2.24) is 10.2 Å². The van der Waals surface area contributed by atoms with E-state index in [1.807, 2.05) is 20.8 Å². The lowest BCUT2D eigenvalue weighted by Gasteiger charge is -2.18. The number of aromatic nitrogens is 2. The van der Waals surface area contributed by atoms with Crippen LogP contribution < -0.4 is 5.32 Å². The largest absolute Gasteiger partial charge is 0.366 e. The standard InChI is InChI=1S/C12H21N3O2S/c1-8(2)6-10-14-15-11(18-10)13-9(16)7-17-12(3,4)5/h8H,6-7H2,1-5H3,(H,13,15,16). The summed E-state index contributed by atoms with van der Waals surface area (Å²) < 4.78 is 5.38. The second kappa shape index (κ2) is 6.24. The van der Waals surface area contributed by atoms with Crippen LogP contribution in [0.5, 0.6) is 0 Å². The predicted octanol–water partition coefficient (Wildman–Crippen LogP) is 2.49. The maximum absolute atomic E-state index is 11.6. The van der Waals surface area contributed by atoms with E-state index in [0.717, 1.165) is 11.4 Å². The first-order valence-electron chi connectivity index (χ1n) is 6.02. The highest BCUT2D eigenvalue weighted by Gasteiger charge is 2.14. The molecule has 0 fully saturated rings. The Hall–Kier alpha value is -1.01. The molecule has 0 unspecified atom stereocenters. The van der Waals surface area contributed by atoms with Gasteiger partial charge in [-0.05, 0) is 26.7 Å². The lowest BCUT2D eigenvalue weighted by Crippen LogP contribution is -2.27. The van der Waals surface area contributed by atoms with Gasteiger partial charge in [0.2, 0.25) is 5.13 Å². The highest BCUT2D eigenvalue weighted by Crippen LogP contribution is 2.18. The van der Waals surface area contributed by atoms with Gasteiger partial charge in [-0.25, -0.2) is 0 Å². The minimum absolute atomic E-state index is 0.0304. The molecule has 1 amide bonds. The third-order valence-corrected chi connectivity index (χ3v) is 2.79. The predicted molar refractivity (Wildman–Crippen MR) is 72.8 cm³/mol. The summed E-state index contributed by atoms with van der Waals surface area (Å²) in [6, 6.07) is 0. The molecule has 1 aromatic heterocycles. The van der Waals surface area contributed by atoms with Crippen LogP contribution in [0.4, 0.5) is 5.13 Å². The van der Waals surface area contributed by atoms with E-state index in [1.54, 1.807) is 0 Å². The average Bonchev–Trinajstić information content (AvgIpc) is 2.60. The van der Waals surface area contributed by atoms with Crippen LogP contribution in [-0.2, 0) is 16.0 Å². The van der Waals surface area contributed by atoms with E-state index >= 15 is 0 Å². The normalized spacial score (nSPS) is 11.9. The van der Waals surface area contributed by atoms with Crippen molar-refractivity contribution in [3.05, 3.63) is 5.01 Å². The van der Waals surface area contributed by atoms with Crippen molar-refractivity contribution in [3.63, 3.8) is 0 Å². The Kier molecular flexibility index (Phi) is 5.22. The van der Waals surface area contributed by atoms with Crippen LogP contribution in [0.3, 0.4) is 0 Å². The van der Waals surface area contributed by atoms with Crippen LogP contribution in [0.25, 0.3) is 0 Å². The fraction of sp³-hybridized carbons (Fsp3) is 0.750. The zero-order valence-electron chi connectivity index (χ0n) is 11.6. The molecule has 1 heterocycles. The summed E-state index contributed by atoms with van der Waals surface area (Å²) in [4.78, 5) is 11.6. The maximum Gasteiger partial charge on any atom is 0.252 e. The molecule has 5 nitrogen and oxygen atoms in total. The summed E-state index contributed by atoms with van der Waals surface area (Å²) in [5.74, 6) is 0.336. The van der Waals surface area contributed by atoms with Crippen LogP contribution in [0.1, 0.15) is 39.6 Å². The first kappa shape index (κ1) is 15.0. The Labute approximate surface area is 112 Å². The van der Waals surface area contributed by atoms with Gasteiger partial charge in [0.1, 0.15) is 11.6 Å². The van der Waals surface area contributed by atoms with Gasteiger partial charge in [0, 0.05) is 6.42 Å². The summed E-state index contributed by atoms with van der Waals surface area (Å²) in [5, 5.41) is 12.1. The molecule has 6 heteroatoms. The van der Waals surface area contributed by atoms with Gasteiger partial charge in [-0.15, -0.1) is 10.2 Å². The van der Waals surface area contributed by atoms with E-state index in [2.05, 4.69) is 29.4 Å². The van der Waals surface area contributed by atoms with Gasteiger partial charge in [0.15, 0.2) is 0 Å². The van der Waals surface area contributed by atoms with Crippen molar-refractivity contribution in [2.45, 2.75) is 46.6 Å². The molecular formula is C12H21N3O2S. The number of carbonyl (C=O) groups excluding carboxylic acids is 1. The number of nitrogens with one attached hydrogen (secondary N) is 1. The topological polar surface area (TPSA) is 64.1 Å². The molecule has 0 atom stereocenters. The van der Waals surface area contributed by atoms with Crippen molar-refractivity contribution in [2.24, 2.45) is 5.92 Å². The Bertz CT molecular complexity index is 396. The fourth-order valence-corrected chi connectivity index (χ4v) is 2.14. The molecule has 1 aromatic rings. The second-order valence-corrected chi connectivity index (χ2v) is 6.61. The van der Waals surface area contributed by atoms with Crippen molar-refractivity contribution in [1.29, 1.82) is 0 Å². The molecule has 0 aliphatic heterocycles. The molecule has 0 radical (unpaired) electrons. The number of amides is 1. The summed E-state index contributed by atoms with van der Waals surface area (Å²) in [6.45, 7) is 10.0. The molecule has 0 spiro atoms. The second-order valence-electron chi connectivity index (χ2n) is 5.55. The molecule has 0 aromatic carbocycles. The smallest absolute Gasteiger partial charge is 0.252 e. The summed E-state index contributed by atoms with van der Waals surface area (Å²) in [5.41, 5.74) is -0.318. The van der Waals surface area contributed by atoms with Crippen molar-refractivity contribution >= 4 is 22.4 Å². The Morgan fingerprint density at radius 1 is 1.39 bits per heavy atom. The zero-order valence-corrected chi connectivity index (χ0v) is 12.4. The molecule has 0 aliphatic carbocycles. The number of carbonyl (C=O) groups is 1. The Morgan fingerprint density at radius 3 is 2.61 bits per heavy atom. The molecule has 0 saturated heterocycles. The van der Waals surface area contributed by atoms with Crippen LogP contribution in [-0.4, -0.2) is 28.3 Å². The lowest BCUT2D eigenvalue weighted by molar-refractivity contribution is -0.125. The van der Waals surface area contributed by atoms with E-state index in [0.29, 0.717) is 11.0 Å². The number of hydrogen-bond donors (Lipinski definition) is 1. The van der Waals surface area contributed by atoms with Crippen LogP contribution in [0.2, 0.25) is 0 Å². The summed E-state index contributed by atoms with van der Waals surface area (Å²) >= 11 is 1.41. The molecule has 18 heavy (non-hydrogen) atoms. The lowest BCUT2D eigenvalue weighted by atomic mass is 10.1. The van der Waals surface area contributed by atoms with Crippen LogP contribution in [0, 0.1) is 5.92 Å². The summed E-state index contributed by atoms with van der Waals surface area (Å²) in [6.07, 6.45) is 0.881. The molecular weight excluding hydrogens is 250 g/mol. The summed E-state index contributed by atoms with van der Waals surface area (Å²) in [7, 11) is 0. The van der Waals surface area contributed by atoms with Crippen molar-refractivity contribution in [3.8, 4) is 0 Å². The molecule has 0 aliphatic rings. The minimum Gasteiger partial charge on any atom is -0.366 e. The van der Waals surface area contributed by atoms with Gasteiger partial charge in [-0.3, -0.25) is 10.1 Å². The quantitative estimate of drug-likeness (QED) is 0.893. The van der Waals surface area contributed by atoms with Gasteiger partial charge in [-0.1, -0.05) is 25.2 Å².